The van der Waals surface area contributed by atoms with Gasteiger partial charge in [0.15, 0.2) is 0 Å². The summed E-state index contributed by atoms with van der Waals surface area (Å²) in [5.41, 5.74) is 0.588. The molecule has 0 N–H and O–H groups in total. The van der Waals surface area contributed by atoms with Crippen LogP contribution in [0.15, 0.2) is 18.3 Å². The molecule has 7 nitrogen and oxygen atoms in total. The number of hydrogen-bond acceptors (Lipinski definition) is 6. The van der Waals surface area contributed by atoms with E-state index in [9.17, 15) is 4.79 Å². The summed E-state index contributed by atoms with van der Waals surface area (Å²) in [7, 11) is 3.82. The maximum Gasteiger partial charge on any atom is 0.222 e. The molecule has 2 aliphatic rings. The number of aromatic nitrogens is 1. The fourth-order valence-corrected chi connectivity index (χ4v) is 3.99. The van der Waals surface area contributed by atoms with Crippen molar-refractivity contribution in [3.63, 3.8) is 0 Å². The summed E-state index contributed by atoms with van der Waals surface area (Å²) in [5.74, 6) is 1.07. The second-order valence-electron chi connectivity index (χ2n) is 7.21. The van der Waals surface area contributed by atoms with Gasteiger partial charge in [-0.05, 0) is 32.0 Å². The van der Waals surface area contributed by atoms with E-state index in [-0.39, 0.29) is 11.4 Å². The molecule has 3 rings (SSSR count). The van der Waals surface area contributed by atoms with Crippen molar-refractivity contribution in [1.82, 2.24) is 14.8 Å². The number of likely N-dealkylation sites (tertiary alicyclic amines) is 1. The first-order valence-corrected chi connectivity index (χ1v) is 9.17. The van der Waals surface area contributed by atoms with E-state index in [1.807, 2.05) is 11.0 Å². The van der Waals surface area contributed by atoms with Crippen LogP contribution in [0, 0.1) is 11.3 Å². The number of anilines is 1. The molecule has 1 amide bonds. The molecule has 2 saturated heterocycles. The minimum atomic E-state index is -0.0416. The number of likely N-dealkylation sites (N-methyl/N-ethyl adjacent to an activating group) is 1. The van der Waals surface area contributed by atoms with Gasteiger partial charge in [-0.1, -0.05) is 0 Å². The Balaban J connectivity index is 1.77. The molecule has 7 heteroatoms. The highest BCUT2D eigenvalue weighted by Gasteiger charge is 2.42. The number of pyridine rings is 1. The number of carbonyl (C=O) groups excluding carboxylic acids is 1. The van der Waals surface area contributed by atoms with Gasteiger partial charge in [-0.15, -0.1) is 0 Å². The van der Waals surface area contributed by atoms with Gasteiger partial charge in [0.1, 0.15) is 5.82 Å². The Bertz CT molecular complexity index is 689. The summed E-state index contributed by atoms with van der Waals surface area (Å²) in [4.78, 5) is 23.5. The minimum absolute atomic E-state index is 0.0416. The van der Waals surface area contributed by atoms with E-state index in [0.717, 1.165) is 44.8 Å². The molecule has 0 unspecified atom stereocenters. The molecule has 0 aliphatic carbocycles. The van der Waals surface area contributed by atoms with Gasteiger partial charge < -0.3 is 14.5 Å². The number of amides is 1. The van der Waals surface area contributed by atoms with Crippen LogP contribution in [-0.2, 0) is 9.53 Å². The van der Waals surface area contributed by atoms with Crippen LogP contribution in [0.1, 0.15) is 24.8 Å². The van der Waals surface area contributed by atoms with E-state index < -0.39 is 0 Å². The molecule has 1 aromatic rings. The maximum absolute atomic E-state index is 12.5. The Morgan fingerprint density at radius 2 is 2.19 bits per heavy atom. The Labute approximate surface area is 155 Å². The third-order valence-electron chi connectivity index (χ3n) is 5.77. The molecular weight excluding hydrogens is 330 g/mol. The number of methoxy groups -OCH3 is 1. The molecule has 140 valence electrons. The number of nitriles is 1. The van der Waals surface area contributed by atoms with Gasteiger partial charge in [-0.2, -0.15) is 5.26 Å². The monoisotopic (exact) mass is 357 g/mol. The van der Waals surface area contributed by atoms with Crippen LogP contribution in [0.3, 0.4) is 0 Å². The number of hydrogen-bond donors (Lipinski definition) is 0. The van der Waals surface area contributed by atoms with Crippen molar-refractivity contribution < 1.29 is 9.53 Å². The van der Waals surface area contributed by atoms with Gasteiger partial charge in [0, 0.05) is 58.0 Å². The lowest BCUT2D eigenvalue weighted by Gasteiger charge is -2.49. The fraction of sp³-hybridized carbons (Fsp3) is 0.632. The standard InChI is InChI=1S/C19H27N5O2/c1-22-9-10-24(17-13-16(14-20)4-7-21-17)15-19(22)5-3-18(25)23(8-6-19)11-12-26-2/h4,7,13H,3,5-6,8-12,15H2,1-2H3/t19-/m0/s1. The number of carbonyl (C=O) groups is 1. The van der Waals surface area contributed by atoms with Crippen LogP contribution in [0.25, 0.3) is 0 Å². The van der Waals surface area contributed by atoms with E-state index in [1.54, 1.807) is 19.4 Å². The smallest absolute Gasteiger partial charge is 0.222 e. The van der Waals surface area contributed by atoms with Gasteiger partial charge in [-0.3, -0.25) is 9.69 Å². The largest absolute Gasteiger partial charge is 0.383 e. The molecule has 1 spiro atoms. The van der Waals surface area contributed by atoms with Crippen molar-refractivity contribution in [3.8, 4) is 6.07 Å². The summed E-state index contributed by atoms with van der Waals surface area (Å²) in [6.07, 6.45) is 4.04. The molecule has 1 aromatic heterocycles. The summed E-state index contributed by atoms with van der Waals surface area (Å²) < 4.78 is 5.14. The van der Waals surface area contributed by atoms with E-state index in [4.69, 9.17) is 10.00 Å². The highest BCUT2D eigenvalue weighted by atomic mass is 16.5. The first-order chi connectivity index (χ1) is 12.6. The molecule has 2 fully saturated rings. The van der Waals surface area contributed by atoms with Crippen molar-refractivity contribution in [2.75, 3.05) is 58.4 Å². The van der Waals surface area contributed by atoms with E-state index in [1.165, 1.54) is 0 Å². The van der Waals surface area contributed by atoms with Gasteiger partial charge >= 0.3 is 0 Å². The Morgan fingerprint density at radius 3 is 2.96 bits per heavy atom. The molecule has 0 aromatic carbocycles. The summed E-state index contributed by atoms with van der Waals surface area (Å²) in [6, 6.07) is 5.77. The van der Waals surface area contributed by atoms with Crippen LogP contribution >= 0.6 is 0 Å². The van der Waals surface area contributed by atoms with Crippen LogP contribution in [0.2, 0.25) is 0 Å². The van der Waals surface area contributed by atoms with Crippen LogP contribution < -0.4 is 4.90 Å². The fourth-order valence-electron chi connectivity index (χ4n) is 3.99. The second-order valence-corrected chi connectivity index (χ2v) is 7.21. The van der Waals surface area contributed by atoms with Crippen LogP contribution in [0.4, 0.5) is 5.82 Å². The number of rotatable bonds is 4. The molecule has 3 heterocycles. The quantitative estimate of drug-likeness (QED) is 0.804. The number of ether oxygens (including phenoxy) is 1. The Hall–Kier alpha value is -2.17. The lowest BCUT2D eigenvalue weighted by Crippen LogP contribution is -2.61. The molecule has 2 aliphatic heterocycles. The highest BCUT2D eigenvalue weighted by Crippen LogP contribution is 2.33. The third-order valence-corrected chi connectivity index (χ3v) is 5.77. The van der Waals surface area contributed by atoms with Crippen LogP contribution in [-0.4, -0.2) is 79.7 Å². The lowest BCUT2D eigenvalue weighted by atomic mass is 9.86. The van der Waals surface area contributed by atoms with Gasteiger partial charge in [0.25, 0.3) is 0 Å². The number of nitrogens with zero attached hydrogens (tertiary/aromatic N) is 5. The predicted octanol–water partition coefficient (Wildman–Crippen LogP) is 1.10. The maximum atomic E-state index is 12.5. The highest BCUT2D eigenvalue weighted by molar-refractivity contribution is 5.76. The first kappa shape index (κ1) is 18.6. The van der Waals surface area contributed by atoms with Gasteiger partial charge in [-0.25, -0.2) is 4.98 Å². The van der Waals surface area contributed by atoms with Crippen molar-refractivity contribution >= 4 is 11.7 Å². The summed E-state index contributed by atoms with van der Waals surface area (Å²) in [6.45, 7) is 4.62. The molecule has 26 heavy (non-hydrogen) atoms. The van der Waals surface area contributed by atoms with Crippen LogP contribution in [0.5, 0.6) is 0 Å². The lowest BCUT2D eigenvalue weighted by molar-refractivity contribution is -0.131. The topological polar surface area (TPSA) is 72.7 Å². The van der Waals surface area contributed by atoms with Crippen molar-refractivity contribution in [2.45, 2.75) is 24.8 Å². The van der Waals surface area contributed by atoms with Gasteiger partial charge in [0.2, 0.25) is 5.91 Å². The molecular formula is C19H27N5O2. The second kappa shape index (κ2) is 8.02. The Kier molecular flexibility index (Phi) is 5.74. The number of piperazine rings is 1. The molecule has 0 saturated carbocycles. The zero-order chi connectivity index (χ0) is 18.6. The molecule has 1 atom stereocenters. The average molecular weight is 357 g/mol. The zero-order valence-electron chi connectivity index (χ0n) is 15.6. The van der Waals surface area contributed by atoms with E-state index in [0.29, 0.717) is 25.1 Å². The molecule has 0 radical (unpaired) electrons. The van der Waals surface area contributed by atoms with Crippen molar-refractivity contribution in [2.24, 2.45) is 0 Å². The third kappa shape index (κ3) is 3.81. The molecule has 0 bridgehead atoms. The normalized spacial score (nSPS) is 24.6. The predicted molar refractivity (Wildman–Crippen MR) is 98.8 cm³/mol. The summed E-state index contributed by atoms with van der Waals surface area (Å²) >= 11 is 0. The SMILES string of the molecule is COCCN1CC[C@@]2(CCC1=O)CN(c1cc(C#N)ccn1)CCN2C. The van der Waals surface area contributed by atoms with Gasteiger partial charge in [0.05, 0.1) is 18.2 Å². The first-order valence-electron chi connectivity index (χ1n) is 9.17. The minimum Gasteiger partial charge on any atom is -0.383 e. The Morgan fingerprint density at radius 1 is 1.35 bits per heavy atom. The average Bonchev–Trinajstić information content (AvgIpc) is 2.82. The van der Waals surface area contributed by atoms with Crippen molar-refractivity contribution in [3.05, 3.63) is 23.9 Å². The summed E-state index contributed by atoms with van der Waals surface area (Å²) in [5, 5.41) is 9.15. The van der Waals surface area contributed by atoms with E-state index in [2.05, 4.69) is 27.9 Å². The van der Waals surface area contributed by atoms with E-state index >= 15 is 0 Å². The zero-order valence-corrected chi connectivity index (χ0v) is 15.6. The van der Waals surface area contributed by atoms with Crippen molar-refractivity contribution in [1.29, 1.82) is 5.26 Å².